The van der Waals surface area contributed by atoms with Gasteiger partial charge in [-0.05, 0) is 43.7 Å². The van der Waals surface area contributed by atoms with E-state index in [-0.39, 0.29) is 18.0 Å². The molecule has 2 aromatic rings. The van der Waals surface area contributed by atoms with E-state index in [9.17, 15) is 9.18 Å². The lowest BCUT2D eigenvalue weighted by Crippen LogP contribution is -2.25. The van der Waals surface area contributed by atoms with Crippen molar-refractivity contribution in [2.24, 2.45) is 0 Å². The highest BCUT2D eigenvalue weighted by Crippen LogP contribution is 2.38. The lowest BCUT2D eigenvalue weighted by molar-refractivity contribution is -0.107. The summed E-state index contributed by atoms with van der Waals surface area (Å²) in [5.74, 6) is 1.13. The van der Waals surface area contributed by atoms with Gasteiger partial charge in [-0.3, -0.25) is 0 Å². The number of halogens is 1. The maximum absolute atomic E-state index is 13.8. The smallest absolute Gasteiger partial charge is 0.130 e. The minimum Gasteiger partial charge on any atom is -0.489 e. The Kier molecular flexibility index (Phi) is 4.07. The number of carbonyl (C=O) groups is 1. The van der Waals surface area contributed by atoms with Crippen LogP contribution in [0.1, 0.15) is 30.5 Å². The van der Waals surface area contributed by atoms with E-state index >= 15 is 0 Å². The quantitative estimate of drug-likeness (QED) is 0.786. The molecule has 2 aromatic carbocycles. The van der Waals surface area contributed by atoms with E-state index < -0.39 is 0 Å². The standard InChI is InChI=1S/C19H19FO3/c1-19(2)11-14-9-16(20)10-15(18(14)23-19)12-22-17-5-3-13(4-6-17)7-8-21/h3-6,8-10H,7,11-12H2,1-2H3. The maximum Gasteiger partial charge on any atom is 0.130 e. The molecule has 0 aromatic heterocycles. The molecule has 0 unspecified atom stereocenters. The number of fused-ring (bicyclic) bond motifs is 1. The summed E-state index contributed by atoms with van der Waals surface area (Å²) in [4.78, 5) is 10.5. The zero-order valence-electron chi connectivity index (χ0n) is 13.3. The van der Waals surface area contributed by atoms with Crippen LogP contribution in [-0.4, -0.2) is 11.9 Å². The van der Waals surface area contributed by atoms with Crippen LogP contribution in [0.15, 0.2) is 36.4 Å². The Bertz CT molecular complexity index is 720. The third kappa shape index (κ3) is 3.52. The number of hydrogen-bond acceptors (Lipinski definition) is 3. The summed E-state index contributed by atoms with van der Waals surface area (Å²) in [7, 11) is 0. The summed E-state index contributed by atoms with van der Waals surface area (Å²) in [6, 6.07) is 10.3. The summed E-state index contributed by atoms with van der Waals surface area (Å²) in [6.07, 6.45) is 1.94. The summed E-state index contributed by atoms with van der Waals surface area (Å²) >= 11 is 0. The summed E-state index contributed by atoms with van der Waals surface area (Å²) < 4.78 is 25.5. The van der Waals surface area contributed by atoms with Crippen molar-refractivity contribution in [1.82, 2.24) is 0 Å². The average molecular weight is 314 g/mol. The molecular weight excluding hydrogens is 295 g/mol. The topological polar surface area (TPSA) is 35.5 Å². The van der Waals surface area contributed by atoms with E-state index in [0.29, 0.717) is 24.2 Å². The zero-order valence-corrected chi connectivity index (χ0v) is 13.3. The predicted octanol–water partition coefficient (Wildman–Crippen LogP) is 3.86. The van der Waals surface area contributed by atoms with Gasteiger partial charge >= 0.3 is 0 Å². The minimum atomic E-state index is -0.318. The van der Waals surface area contributed by atoms with Gasteiger partial charge in [0.1, 0.15) is 35.8 Å². The normalized spacial score (nSPS) is 14.9. The van der Waals surface area contributed by atoms with E-state index in [0.717, 1.165) is 23.2 Å². The number of hydrogen-bond donors (Lipinski definition) is 0. The first kappa shape index (κ1) is 15.5. The van der Waals surface area contributed by atoms with E-state index in [1.807, 2.05) is 38.1 Å². The Morgan fingerprint density at radius 1 is 1.26 bits per heavy atom. The van der Waals surface area contributed by atoms with Crippen LogP contribution in [0, 0.1) is 5.82 Å². The Morgan fingerprint density at radius 3 is 2.70 bits per heavy atom. The average Bonchev–Trinajstić information content (AvgIpc) is 2.80. The fourth-order valence-electron chi connectivity index (χ4n) is 2.83. The lowest BCUT2D eigenvalue weighted by Gasteiger charge is -2.18. The molecule has 23 heavy (non-hydrogen) atoms. The summed E-state index contributed by atoms with van der Waals surface area (Å²) in [6.45, 7) is 4.21. The molecule has 1 aliphatic rings. The molecule has 3 nitrogen and oxygen atoms in total. The van der Waals surface area contributed by atoms with Gasteiger partial charge in [-0.25, -0.2) is 4.39 Å². The molecule has 0 spiro atoms. The minimum absolute atomic E-state index is 0.239. The van der Waals surface area contributed by atoms with E-state index in [2.05, 4.69) is 0 Å². The van der Waals surface area contributed by atoms with E-state index in [1.165, 1.54) is 12.1 Å². The zero-order chi connectivity index (χ0) is 16.4. The molecule has 4 heteroatoms. The van der Waals surface area contributed by atoms with Crippen LogP contribution < -0.4 is 9.47 Å². The van der Waals surface area contributed by atoms with Crippen LogP contribution in [0.3, 0.4) is 0 Å². The largest absolute Gasteiger partial charge is 0.489 e. The number of rotatable bonds is 5. The summed E-state index contributed by atoms with van der Waals surface area (Å²) in [5.41, 5.74) is 2.21. The van der Waals surface area contributed by atoms with Crippen LogP contribution in [0.2, 0.25) is 0 Å². The van der Waals surface area contributed by atoms with Crippen molar-refractivity contribution in [3.05, 3.63) is 58.9 Å². The van der Waals surface area contributed by atoms with Gasteiger partial charge in [0.2, 0.25) is 0 Å². The Hall–Kier alpha value is -2.36. The number of benzene rings is 2. The van der Waals surface area contributed by atoms with Gasteiger partial charge in [0, 0.05) is 24.0 Å². The van der Waals surface area contributed by atoms with Crippen LogP contribution in [-0.2, 0) is 24.2 Å². The molecule has 1 heterocycles. The highest BCUT2D eigenvalue weighted by Gasteiger charge is 2.32. The van der Waals surface area contributed by atoms with Crippen molar-refractivity contribution >= 4 is 6.29 Å². The predicted molar refractivity (Wildman–Crippen MR) is 85.4 cm³/mol. The Labute approximate surface area is 135 Å². The maximum atomic E-state index is 13.8. The van der Waals surface area contributed by atoms with Crippen molar-refractivity contribution in [2.45, 2.75) is 38.9 Å². The molecule has 0 N–H and O–H groups in total. The second-order valence-electron chi connectivity index (χ2n) is 6.40. The molecule has 120 valence electrons. The molecule has 0 radical (unpaired) electrons. The van der Waals surface area contributed by atoms with Gasteiger partial charge in [-0.15, -0.1) is 0 Å². The SMILES string of the molecule is CC1(C)Cc2cc(F)cc(COc3ccc(CC=O)cc3)c2O1. The van der Waals surface area contributed by atoms with E-state index in [4.69, 9.17) is 9.47 Å². The van der Waals surface area contributed by atoms with Crippen LogP contribution in [0.4, 0.5) is 4.39 Å². The highest BCUT2D eigenvalue weighted by molar-refractivity contribution is 5.55. The van der Waals surface area contributed by atoms with Crippen molar-refractivity contribution < 1.29 is 18.7 Å². The highest BCUT2D eigenvalue weighted by atomic mass is 19.1. The Morgan fingerprint density at radius 2 is 2.00 bits per heavy atom. The molecule has 0 fully saturated rings. The first-order valence-corrected chi connectivity index (χ1v) is 7.62. The van der Waals surface area contributed by atoms with Gasteiger partial charge in [0.15, 0.2) is 0 Å². The molecule has 0 saturated carbocycles. The molecule has 0 atom stereocenters. The molecular formula is C19H19FO3. The number of ether oxygens (including phenoxy) is 2. The van der Waals surface area contributed by atoms with Gasteiger partial charge in [-0.2, -0.15) is 0 Å². The van der Waals surface area contributed by atoms with Crippen molar-refractivity contribution in [3.63, 3.8) is 0 Å². The third-order valence-corrected chi connectivity index (χ3v) is 3.84. The van der Waals surface area contributed by atoms with Crippen LogP contribution in [0.25, 0.3) is 0 Å². The van der Waals surface area contributed by atoms with Gasteiger partial charge < -0.3 is 14.3 Å². The first-order valence-electron chi connectivity index (χ1n) is 7.62. The lowest BCUT2D eigenvalue weighted by atomic mass is 10.0. The van der Waals surface area contributed by atoms with Gasteiger partial charge in [0.25, 0.3) is 0 Å². The fraction of sp³-hybridized carbons (Fsp3) is 0.316. The molecule has 3 rings (SSSR count). The molecule has 0 amide bonds. The van der Waals surface area contributed by atoms with Crippen LogP contribution in [0.5, 0.6) is 11.5 Å². The molecule has 1 aliphatic heterocycles. The molecule has 0 bridgehead atoms. The van der Waals surface area contributed by atoms with Gasteiger partial charge in [-0.1, -0.05) is 12.1 Å². The summed E-state index contributed by atoms with van der Waals surface area (Å²) in [5, 5.41) is 0. The number of carbonyl (C=O) groups excluding carboxylic acids is 1. The van der Waals surface area contributed by atoms with Crippen molar-refractivity contribution in [1.29, 1.82) is 0 Å². The fourth-order valence-corrected chi connectivity index (χ4v) is 2.83. The second-order valence-corrected chi connectivity index (χ2v) is 6.40. The molecule has 0 aliphatic carbocycles. The Balaban J connectivity index is 1.75. The monoisotopic (exact) mass is 314 g/mol. The second kappa shape index (κ2) is 6.03. The van der Waals surface area contributed by atoms with Gasteiger partial charge in [0.05, 0.1) is 0 Å². The third-order valence-electron chi connectivity index (χ3n) is 3.84. The first-order chi connectivity index (χ1) is 11.0. The van der Waals surface area contributed by atoms with Crippen LogP contribution >= 0.6 is 0 Å². The van der Waals surface area contributed by atoms with Crippen molar-refractivity contribution in [3.8, 4) is 11.5 Å². The molecule has 0 saturated heterocycles. The number of aldehydes is 1. The van der Waals surface area contributed by atoms with E-state index in [1.54, 1.807) is 0 Å². The van der Waals surface area contributed by atoms with Crippen molar-refractivity contribution in [2.75, 3.05) is 0 Å².